The van der Waals surface area contributed by atoms with Crippen molar-refractivity contribution in [3.8, 4) is 0 Å². The van der Waals surface area contributed by atoms with E-state index in [1.165, 1.54) is 4.31 Å². The minimum Gasteiger partial charge on any atom is -0.360 e. The van der Waals surface area contributed by atoms with E-state index in [0.717, 1.165) is 0 Å². The van der Waals surface area contributed by atoms with E-state index in [0.29, 0.717) is 43.9 Å². The molecule has 0 atom stereocenters. The number of piperazine rings is 1. The van der Waals surface area contributed by atoms with Crippen LogP contribution in [-0.2, 0) is 14.8 Å². The molecule has 0 saturated carbocycles. The first-order chi connectivity index (χ1) is 10.4. The first kappa shape index (κ1) is 16.9. The maximum absolute atomic E-state index is 12.6. The van der Waals surface area contributed by atoms with Crippen molar-refractivity contribution >= 4 is 15.9 Å². The van der Waals surface area contributed by atoms with E-state index in [9.17, 15) is 13.2 Å². The van der Waals surface area contributed by atoms with E-state index in [4.69, 9.17) is 10.3 Å². The van der Waals surface area contributed by atoms with Crippen molar-refractivity contribution in [2.24, 2.45) is 5.73 Å². The van der Waals surface area contributed by atoms with Gasteiger partial charge in [-0.25, -0.2) is 8.42 Å². The van der Waals surface area contributed by atoms with Gasteiger partial charge in [0.05, 0.1) is 0 Å². The van der Waals surface area contributed by atoms with Crippen molar-refractivity contribution in [1.82, 2.24) is 14.4 Å². The third kappa shape index (κ3) is 3.31. The van der Waals surface area contributed by atoms with Crippen LogP contribution < -0.4 is 5.73 Å². The molecule has 2 heterocycles. The first-order valence-corrected chi connectivity index (χ1v) is 8.72. The third-order valence-corrected chi connectivity index (χ3v) is 5.90. The van der Waals surface area contributed by atoms with Gasteiger partial charge < -0.3 is 15.2 Å². The Balaban J connectivity index is 2.04. The predicted molar refractivity (Wildman–Crippen MR) is 79.6 cm³/mol. The number of hydrogen-bond acceptors (Lipinski definition) is 6. The lowest BCUT2D eigenvalue weighted by atomic mass is 10.2. The SMILES string of the molecule is Cc1noc(C)c1S(=O)(=O)N1CCN(C(=O)CCCN)CC1. The van der Waals surface area contributed by atoms with Crippen LogP contribution in [0.4, 0.5) is 0 Å². The van der Waals surface area contributed by atoms with Crippen LogP contribution in [0.25, 0.3) is 0 Å². The number of carbonyl (C=O) groups is 1. The number of aryl methyl sites for hydroxylation is 2. The Hall–Kier alpha value is -1.45. The number of nitrogens with two attached hydrogens (primary N) is 1. The van der Waals surface area contributed by atoms with Crippen LogP contribution in [0.1, 0.15) is 24.3 Å². The predicted octanol–water partition coefficient (Wildman–Crippen LogP) is -0.137. The van der Waals surface area contributed by atoms with Crippen LogP contribution >= 0.6 is 0 Å². The van der Waals surface area contributed by atoms with Crippen LogP contribution in [0, 0.1) is 13.8 Å². The minimum absolute atomic E-state index is 0.0276. The average molecular weight is 330 g/mol. The van der Waals surface area contributed by atoms with Crippen LogP contribution in [0.15, 0.2) is 9.42 Å². The number of rotatable bonds is 5. The van der Waals surface area contributed by atoms with Crippen molar-refractivity contribution in [2.45, 2.75) is 31.6 Å². The van der Waals surface area contributed by atoms with E-state index in [1.54, 1.807) is 18.7 Å². The second kappa shape index (κ2) is 6.76. The van der Waals surface area contributed by atoms with Gasteiger partial charge in [0.15, 0.2) is 5.76 Å². The van der Waals surface area contributed by atoms with Crippen molar-refractivity contribution in [1.29, 1.82) is 0 Å². The number of amides is 1. The van der Waals surface area contributed by atoms with Crippen molar-refractivity contribution < 1.29 is 17.7 Å². The van der Waals surface area contributed by atoms with Crippen molar-refractivity contribution in [3.63, 3.8) is 0 Å². The quantitative estimate of drug-likeness (QED) is 0.805. The molecular formula is C13H22N4O4S. The van der Waals surface area contributed by atoms with Gasteiger partial charge in [0.1, 0.15) is 10.6 Å². The van der Waals surface area contributed by atoms with Gasteiger partial charge in [0.2, 0.25) is 15.9 Å². The number of sulfonamides is 1. The molecule has 0 aliphatic carbocycles. The Morgan fingerprint density at radius 2 is 1.91 bits per heavy atom. The van der Waals surface area contributed by atoms with Gasteiger partial charge in [0.25, 0.3) is 0 Å². The molecule has 1 aromatic rings. The largest absolute Gasteiger partial charge is 0.360 e. The highest BCUT2D eigenvalue weighted by molar-refractivity contribution is 7.89. The molecule has 9 heteroatoms. The van der Waals surface area contributed by atoms with Crippen LogP contribution in [0.3, 0.4) is 0 Å². The summed E-state index contributed by atoms with van der Waals surface area (Å²) in [4.78, 5) is 13.8. The molecule has 22 heavy (non-hydrogen) atoms. The highest BCUT2D eigenvalue weighted by Crippen LogP contribution is 2.24. The van der Waals surface area contributed by atoms with Gasteiger partial charge >= 0.3 is 0 Å². The minimum atomic E-state index is -3.63. The first-order valence-electron chi connectivity index (χ1n) is 7.28. The van der Waals surface area contributed by atoms with Gasteiger partial charge in [-0.15, -0.1) is 0 Å². The van der Waals surface area contributed by atoms with E-state index in [1.807, 2.05) is 0 Å². The second-order valence-electron chi connectivity index (χ2n) is 5.33. The Morgan fingerprint density at radius 3 is 2.41 bits per heavy atom. The molecule has 2 rings (SSSR count). The smallest absolute Gasteiger partial charge is 0.248 e. The fourth-order valence-corrected chi connectivity index (χ4v) is 4.27. The molecular weight excluding hydrogens is 308 g/mol. The number of carbonyl (C=O) groups excluding carboxylic acids is 1. The summed E-state index contributed by atoms with van der Waals surface area (Å²) in [7, 11) is -3.63. The molecule has 0 spiro atoms. The summed E-state index contributed by atoms with van der Waals surface area (Å²) in [5.74, 6) is 0.318. The summed E-state index contributed by atoms with van der Waals surface area (Å²) in [6.07, 6.45) is 1.06. The zero-order chi connectivity index (χ0) is 16.3. The third-order valence-electron chi connectivity index (χ3n) is 3.75. The molecule has 1 aliphatic rings. The zero-order valence-electron chi connectivity index (χ0n) is 12.9. The van der Waals surface area contributed by atoms with Crippen molar-refractivity contribution in [3.05, 3.63) is 11.5 Å². The Bertz CT molecular complexity index is 613. The van der Waals surface area contributed by atoms with Gasteiger partial charge in [-0.3, -0.25) is 4.79 Å². The summed E-state index contributed by atoms with van der Waals surface area (Å²) < 4.78 is 31.6. The lowest BCUT2D eigenvalue weighted by Gasteiger charge is -2.34. The molecule has 1 fully saturated rings. The Labute approximate surface area is 130 Å². The highest BCUT2D eigenvalue weighted by Gasteiger charge is 2.33. The van der Waals surface area contributed by atoms with Crippen LogP contribution in [0.2, 0.25) is 0 Å². The lowest BCUT2D eigenvalue weighted by Crippen LogP contribution is -2.50. The van der Waals surface area contributed by atoms with Crippen LogP contribution in [-0.4, -0.2) is 61.4 Å². The second-order valence-corrected chi connectivity index (χ2v) is 7.21. The Kier molecular flexibility index (Phi) is 5.20. The van der Waals surface area contributed by atoms with Gasteiger partial charge in [-0.2, -0.15) is 4.31 Å². The van der Waals surface area contributed by atoms with E-state index in [-0.39, 0.29) is 23.9 Å². The average Bonchev–Trinajstić information content (AvgIpc) is 2.84. The molecule has 1 saturated heterocycles. The summed E-state index contributed by atoms with van der Waals surface area (Å²) in [6, 6.07) is 0. The summed E-state index contributed by atoms with van der Waals surface area (Å²) >= 11 is 0. The zero-order valence-corrected chi connectivity index (χ0v) is 13.7. The summed E-state index contributed by atoms with van der Waals surface area (Å²) in [5.41, 5.74) is 5.76. The fourth-order valence-electron chi connectivity index (χ4n) is 2.56. The molecule has 1 amide bonds. The molecule has 0 aromatic carbocycles. The summed E-state index contributed by atoms with van der Waals surface area (Å²) in [6.45, 7) is 5.02. The maximum atomic E-state index is 12.6. The fraction of sp³-hybridized carbons (Fsp3) is 0.692. The van der Waals surface area contributed by atoms with E-state index < -0.39 is 10.0 Å². The van der Waals surface area contributed by atoms with E-state index in [2.05, 4.69) is 5.16 Å². The number of hydrogen-bond donors (Lipinski definition) is 1. The highest BCUT2D eigenvalue weighted by atomic mass is 32.2. The maximum Gasteiger partial charge on any atom is 0.248 e. The van der Waals surface area contributed by atoms with Crippen LogP contribution in [0.5, 0.6) is 0 Å². The number of nitrogens with zero attached hydrogens (tertiary/aromatic N) is 3. The van der Waals surface area contributed by atoms with Crippen molar-refractivity contribution in [2.75, 3.05) is 32.7 Å². The Morgan fingerprint density at radius 1 is 1.27 bits per heavy atom. The topological polar surface area (TPSA) is 110 Å². The lowest BCUT2D eigenvalue weighted by molar-refractivity contribution is -0.132. The molecule has 0 unspecified atom stereocenters. The van der Waals surface area contributed by atoms with Gasteiger partial charge in [-0.05, 0) is 26.8 Å². The molecule has 2 N–H and O–H groups in total. The molecule has 0 bridgehead atoms. The molecule has 1 aliphatic heterocycles. The van der Waals surface area contributed by atoms with Gasteiger partial charge in [0, 0.05) is 32.6 Å². The molecule has 0 radical (unpaired) electrons. The molecule has 1 aromatic heterocycles. The summed E-state index contributed by atoms with van der Waals surface area (Å²) in [5, 5.41) is 3.70. The normalized spacial score (nSPS) is 17.0. The monoisotopic (exact) mass is 330 g/mol. The molecule has 124 valence electrons. The standard InChI is InChI=1S/C13H22N4O4S/c1-10-13(11(2)21-15-10)22(19,20)17-8-6-16(7-9-17)12(18)4-3-5-14/h3-9,14H2,1-2H3. The number of aromatic nitrogens is 1. The molecule has 8 nitrogen and oxygen atoms in total. The van der Waals surface area contributed by atoms with Gasteiger partial charge in [-0.1, -0.05) is 5.16 Å². The van der Waals surface area contributed by atoms with E-state index >= 15 is 0 Å².